The summed E-state index contributed by atoms with van der Waals surface area (Å²) in [5.41, 5.74) is 5.66. The third-order valence-corrected chi connectivity index (χ3v) is 5.53. The standard InChI is InChI=1S/C24H22FN5/c25-21-5-3-18(4-6-21)15-30-12-1-2-22(30)17-29-13-9-23-20(16-29)14-27-24(28-23)19-7-10-26-11-8-19/h1-8,10-12,14H,9,13,15-17H2. The predicted molar refractivity (Wildman–Crippen MR) is 113 cm³/mol. The van der Waals surface area contributed by atoms with E-state index in [-0.39, 0.29) is 5.82 Å². The van der Waals surface area contributed by atoms with E-state index in [2.05, 4.69) is 37.8 Å². The van der Waals surface area contributed by atoms with Gasteiger partial charge in [0.2, 0.25) is 0 Å². The molecule has 0 spiro atoms. The van der Waals surface area contributed by atoms with Gasteiger partial charge in [0.05, 0.1) is 5.69 Å². The van der Waals surface area contributed by atoms with Gasteiger partial charge in [-0.2, -0.15) is 0 Å². The first-order valence-corrected chi connectivity index (χ1v) is 10.1. The van der Waals surface area contributed by atoms with Crippen molar-refractivity contribution in [2.45, 2.75) is 26.1 Å². The number of hydrogen-bond acceptors (Lipinski definition) is 4. The number of benzene rings is 1. The van der Waals surface area contributed by atoms with Crippen LogP contribution < -0.4 is 0 Å². The van der Waals surface area contributed by atoms with Crippen LogP contribution in [-0.4, -0.2) is 31.0 Å². The molecular weight excluding hydrogens is 377 g/mol. The Morgan fingerprint density at radius 1 is 0.967 bits per heavy atom. The van der Waals surface area contributed by atoms with E-state index in [0.717, 1.165) is 55.2 Å². The second-order valence-electron chi connectivity index (χ2n) is 7.62. The van der Waals surface area contributed by atoms with Crippen molar-refractivity contribution >= 4 is 0 Å². The van der Waals surface area contributed by atoms with Gasteiger partial charge in [-0.25, -0.2) is 14.4 Å². The fraction of sp³-hybridized carbons (Fsp3) is 0.208. The van der Waals surface area contributed by atoms with Gasteiger partial charge in [0, 0.05) is 74.2 Å². The highest BCUT2D eigenvalue weighted by Crippen LogP contribution is 2.22. The molecule has 0 bridgehead atoms. The summed E-state index contributed by atoms with van der Waals surface area (Å²) in [6.45, 7) is 3.40. The second-order valence-corrected chi connectivity index (χ2v) is 7.62. The van der Waals surface area contributed by atoms with Crippen molar-refractivity contribution in [1.29, 1.82) is 0 Å². The van der Waals surface area contributed by atoms with Crippen LogP contribution in [0.4, 0.5) is 4.39 Å². The zero-order chi connectivity index (χ0) is 20.3. The van der Waals surface area contributed by atoms with Crippen LogP contribution in [0.3, 0.4) is 0 Å². The molecule has 0 saturated carbocycles. The number of fused-ring (bicyclic) bond motifs is 1. The van der Waals surface area contributed by atoms with Crippen molar-refractivity contribution in [2.75, 3.05) is 6.54 Å². The fourth-order valence-electron chi connectivity index (χ4n) is 3.91. The molecule has 1 aliphatic heterocycles. The van der Waals surface area contributed by atoms with Crippen LogP contribution in [0.25, 0.3) is 11.4 Å². The number of halogens is 1. The highest BCUT2D eigenvalue weighted by atomic mass is 19.1. The Bertz CT molecular complexity index is 1140. The van der Waals surface area contributed by atoms with Crippen molar-refractivity contribution < 1.29 is 4.39 Å². The van der Waals surface area contributed by atoms with Crippen molar-refractivity contribution in [2.24, 2.45) is 0 Å². The molecule has 30 heavy (non-hydrogen) atoms. The molecule has 0 N–H and O–H groups in total. The van der Waals surface area contributed by atoms with Gasteiger partial charge in [-0.15, -0.1) is 0 Å². The van der Waals surface area contributed by atoms with Crippen molar-refractivity contribution in [3.8, 4) is 11.4 Å². The van der Waals surface area contributed by atoms with E-state index in [4.69, 9.17) is 4.98 Å². The normalized spacial score (nSPS) is 13.9. The summed E-state index contributed by atoms with van der Waals surface area (Å²) >= 11 is 0. The van der Waals surface area contributed by atoms with Gasteiger partial charge in [0.25, 0.3) is 0 Å². The average molecular weight is 399 g/mol. The van der Waals surface area contributed by atoms with Gasteiger partial charge >= 0.3 is 0 Å². The molecule has 0 radical (unpaired) electrons. The smallest absolute Gasteiger partial charge is 0.159 e. The molecule has 0 unspecified atom stereocenters. The Balaban J connectivity index is 1.28. The maximum atomic E-state index is 13.2. The predicted octanol–water partition coefficient (Wildman–Crippen LogP) is 4.09. The van der Waals surface area contributed by atoms with Crippen LogP contribution in [0.2, 0.25) is 0 Å². The Morgan fingerprint density at radius 2 is 1.80 bits per heavy atom. The van der Waals surface area contributed by atoms with Crippen LogP contribution in [0.15, 0.2) is 73.3 Å². The summed E-state index contributed by atoms with van der Waals surface area (Å²) in [6.07, 6.45) is 8.49. The van der Waals surface area contributed by atoms with E-state index in [1.807, 2.05) is 30.5 Å². The first kappa shape index (κ1) is 18.6. The van der Waals surface area contributed by atoms with Crippen LogP contribution in [0.1, 0.15) is 22.5 Å². The van der Waals surface area contributed by atoms with Crippen molar-refractivity contribution in [3.63, 3.8) is 0 Å². The molecule has 0 fully saturated rings. The van der Waals surface area contributed by atoms with E-state index in [0.29, 0.717) is 0 Å². The minimum absolute atomic E-state index is 0.201. The molecule has 1 aromatic carbocycles. The highest BCUT2D eigenvalue weighted by Gasteiger charge is 2.20. The molecule has 0 aliphatic carbocycles. The number of pyridine rings is 1. The molecule has 1 aliphatic rings. The minimum Gasteiger partial charge on any atom is -0.346 e. The zero-order valence-corrected chi connectivity index (χ0v) is 16.6. The lowest BCUT2D eigenvalue weighted by Crippen LogP contribution is -2.31. The largest absolute Gasteiger partial charge is 0.346 e. The molecule has 4 heterocycles. The maximum absolute atomic E-state index is 13.2. The Kier molecular flexibility index (Phi) is 5.07. The van der Waals surface area contributed by atoms with Crippen molar-refractivity contribution in [3.05, 3.63) is 102 Å². The van der Waals surface area contributed by atoms with Crippen LogP contribution in [-0.2, 0) is 26.1 Å². The number of rotatable bonds is 5. The van der Waals surface area contributed by atoms with Crippen LogP contribution in [0, 0.1) is 5.82 Å². The number of aromatic nitrogens is 4. The lowest BCUT2D eigenvalue weighted by atomic mass is 10.1. The van der Waals surface area contributed by atoms with E-state index in [1.165, 1.54) is 23.4 Å². The molecule has 150 valence electrons. The van der Waals surface area contributed by atoms with E-state index >= 15 is 0 Å². The first-order chi connectivity index (χ1) is 14.7. The Hall–Kier alpha value is -3.38. The van der Waals surface area contributed by atoms with Crippen LogP contribution >= 0.6 is 0 Å². The topological polar surface area (TPSA) is 46.8 Å². The molecule has 5 rings (SSSR count). The van der Waals surface area contributed by atoms with Gasteiger partial charge in [-0.1, -0.05) is 12.1 Å². The Labute approximate surface area is 174 Å². The third-order valence-electron chi connectivity index (χ3n) is 5.53. The van der Waals surface area contributed by atoms with Gasteiger partial charge in [-0.3, -0.25) is 9.88 Å². The van der Waals surface area contributed by atoms with E-state index in [1.54, 1.807) is 12.4 Å². The average Bonchev–Trinajstić information content (AvgIpc) is 3.22. The summed E-state index contributed by atoms with van der Waals surface area (Å²) < 4.78 is 15.4. The Morgan fingerprint density at radius 3 is 2.63 bits per heavy atom. The third kappa shape index (κ3) is 4.00. The summed E-state index contributed by atoms with van der Waals surface area (Å²) in [7, 11) is 0. The summed E-state index contributed by atoms with van der Waals surface area (Å²) in [4.78, 5) is 15.9. The number of hydrogen-bond donors (Lipinski definition) is 0. The molecule has 0 saturated heterocycles. The van der Waals surface area contributed by atoms with Gasteiger partial charge < -0.3 is 4.57 Å². The van der Waals surface area contributed by atoms with Crippen molar-refractivity contribution in [1.82, 2.24) is 24.4 Å². The first-order valence-electron chi connectivity index (χ1n) is 10.1. The molecule has 4 aromatic rings. The second kappa shape index (κ2) is 8.16. The SMILES string of the molecule is Fc1ccc(Cn2cccc2CN2CCc3nc(-c4ccncc4)ncc3C2)cc1. The zero-order valence-electron chi connectivity index (χ0n) is 16.6. The van der Waals surface area contributed by atoms with E-state index in [9.17, 15) is 4.39 Å². The monoisotopic (exact) mass is 399 g/mol. The highest BCUT2D eigenvalue weighted by molar-refractivity contribution is 5.54. The molecular formula is C24H22FN5. The molecule has 5 nitrogen and oxygen atoms in total. The van der Waals surface area contributed by atoms with E-state index < -0.39 is 0 Å². The summed E-state index contributed by atoms with van der Waals surface area (Å²) in [5.74, 6) is 0.561. The fourth-order valence-corrected chi connectivity index (χ4v) is 3.91. The lowest BCUT2D eigenvalue weighted by molar-refractivity contribution is 0.237. The minimum atomic E-state index is -0.201. The molecule has 6 heteroatoms. The number of nitrogens with zero attached hydrogens (tertiary/aromatic N) is 5. The maximum Gasteiger partial charge on any atom is 0.159 e. The van der Waals surface area contributed by atoms with Gasteiger partial charge in [0.15, 0.2) is 5.82 Å². The molecule has 0 amide bonds. The quantitative estimate of drug-likeness (QED) is 0.507. The molecule has 3 aromatic heterocycles. The summed E-state index contributed by atoms with van der Waals surface area (Å²) in [6, 6.07) is 14.8. The van der Waals surface area contributed by atoms with Gasteiger partial charge in [-0.05, 0) is 42.0 Å². The van der Waals surface area contributed by atoms with Crippen LogP contribution in [0.5, 0.6) is 0 Å². The van der Waals surface area contributed by atoms with Gasteiger partial charge in [0.1, 0.15) is 5.82 Å². The lowest BCUT2D eigenvalue weighted by Gasteiger charge is -2.28. The molecule has 0 atom stereocenters. The summed E-state index contributed by atoms with van der Waals surface area (Å²) in [5, 5.41) is 0.